The maximum absolute atomic E-state index is 13.9. The molecule has 122 valence electrons. The van der Waals surface area contributed by atoms with Gasteiger partial charge in [-0.2, -0.15) is 0 Å². The predicted molar refractivity (Wildman–Crippen MR) is 90.7 cm³/mol. The van der Waals surface area contributed by atoms with Gasteiger partial charge in [0.2, 0.25) is 0 Å². The van der Waals surface area contributed by atoms with Crippen LogP contribution >= 0.6 is 0 Å². The largest absolute Gasteiger partial charge is 0.453 e. The Labute approximate surface area is 136 Å². The standard InChI is InChI=1S/C18H14FNO4/c1-9(2)14-13(20-18(22)23-3)8-7-10-11-5-4-6-12(19)16(11)24-17(21)15(10)14/h4-8H,1H2,2-3H3,(H,20,22). The van der Waals surface area contributed by atoms with Gasteiger partial charge in [-0.1, -0.05) is 24.8 Å². The van der Waals surface area contributed by atoms with E-state index in [1.165, 1.54) is 19.2 Å². The molecule has 0 unspecified atom stereocenters. The van der Waals surface area contributed by atoms with Crippen LogP contribution in [0.25, 0.3) is 27.3 Å². The molecule has 0 bridgehead atoms. The van der Waals surface area contributed by atoms with Crippen molar-refractivity contribution in [3.05, 3.63) is 58.7 Å². The molecular formula is C18H14FNO4. The number of hydrogen-bond donors (Lipinski definition) is 1. The van der Waals surface area contributed by atoms with Crippen molar-refractivity contribution in [2.24, 2.45) is 0 Å². The molecule has 3 aromatic rings. The number of amides is 1. The molecule has 0 atom stereocenters. The molecule has 3 rings (SSSR count). The number of anilines is 1. The van der Waals surface area contributed by atoms with Crippen molar-refractivity contribution in [1.82, 2.24) is 0 Å². The number of nitrogens with one attached hydrogen (secondary N) is 1. The summed E-state index contributed by atoms with van der Waals surface area (Å²) in [6.07, 6.45) is -0.673. The first-order chi connectivity index (χ1) is 11.4. The van der Waals surface area contributed by atoms with E-state index >= 15 is 0 Å². The number of fused-ring (bicyclic) bond motifs is 3. The topological polar surface area (TPSA) is 68.5 Å². The van der Waals surface area contributed by atoms with Crippen LogP contribution in [-0.4, -0.2) is 13.2 Å². The van der Waals surface area contributed by atoms with Crippen molar-refractivity contribution >= 4 is 39.1 Å². The monoisotopic (exact) mass is 327 g/mol. The zero-order valence-corrected chi connectivity index (χ0v) is 13.1. The second-order valence-electron chi connectivity index (χ2n) is 5.31. The Kier molecular flexibility index (Phi) is 3.81. The van der Waals surface area contributed by atoms with Crippen LogP contribution < -0.4 is 10.9 Å². The minimum Gasteiger partial charge on any atom is -0.453 e. The van der Waals surface area contributed by atoms with Crippen LogP contribution in [0.15, 0.2) is 46.1 Å². The number of allylic oxidation sites excluding steroid dienone is 1. The van der Waals surface area contributed by atoms with Gasteiger partial charge in [0, 0.05) is 16.3 Å². The highest BCUT2D eigenvalue weighted by atomic mass is 19.1. The summed E-state index contributed by atoms with van der Waals surface area (Å²) < 4.78 is 23.7. The van der Waals surface area contributed by atoms with Crippen molar-refractivity contribution in [2.75, 3.05) is 12.4 Å². The predicted octanol–water partition coefficient (Wildman–Crippen LogP) is 4.30. The Morgan fingerprint density at radius 1 is 1.25 bits per heavy atom. The van der Waals surface area contributed by atoms with Crippen LogP contribution in [0.2, 0.25) is 0 Å². The van der Waals surface area contributed by atoms with Crippen molar-refractivity contribution in [1.29, 1.82) is 0 Å². The summed E-state index contributed by atoms with van der Waals surface area (Å²) in [7, 11) is 1.24. The third-order valence-corrected chi connectivity index (χ3v) is 3.71. The number of ether oxygens (including phenoxy) is 1. The molecule has 1 heterocycles. The molecule has 5 nitrogen and oxygen atoms in total. The number of methoxy groups -OCH3 is 1. The molecule has 0 saturated carbocycles. The van der Waals surface area contributed by atoms with Crippen LogP contribution in [0.5, 0.6) is 0 Å². The lowest BCUT2D eigenvalue weighted by atomic mass is 9.97. The normalized spacial score (nSPS) is 10.8. The van der Waals surface area contributed by atoms with E-state index in [0.717, 1.165) is 0 Å². The molecule has 0 radical (unpaired) electrons. The Morgan fingerprint density at radius 2 is 2.00 bits per heavy atom. The van der Waals surface area contributed by atoms with Gasteiger partial charge in [0.05, 0.1) is 18.2 Å². The summed E-state index contributed by atoms with van der Waals surface area (Å²) in [5.41, 5.74) is 0.545. The van der Waals surface area contributed by atoms with Gasteiger partial charge in [-0.15, -0.1) is 0 Å². The smallest absolute Gasteiger partial charge is 0.411 e. The number of para-hydroxylation sites is 1. The number of carbonyl (C=O) groups is 1. The number of carbonyl (C=O) groups excluding carboxylic acids is 1. The molecule has 6 heteroatoms. The summed E-state index contributed by atoms with van der Waals surface area (Å²) in [5, 5.41) is 3.77. The van der Waals surface area contributed by atoms with E-state index in [4.69, 9.17) is 4.42 Å². The van der Waals surface area contributed by atoms with Gasteiger partial charge >= 0.3 is 11.7 Å². The Bertz CT molecular complexity index is 1050. The molecule has 0 saturated heterocycles. The average Bonchev–Trinajstić information content (AvgIpc) is 2.55. The lowest BCUT2D eigenvalue weighted by molar-refractivity contribution is 0.187. The second kappa shape index (κ2) is 5.81. The molecular weight excluding hydrogens is 313 g/mol. The van der Waals surface area contributed by atoms with E-state index in [9.17, 15) is 14.0 Å². The van der Waals surface area contributed by atoms with E-state index in [2.05, 4.69) is 16.6 Å². The fourth-order valence-electron chi connectivity index (χ4n) is 2.72. The molecule has 24 heavy (non-hydrogen) atoms. The van der Waals surface area contributed by atoms with Gasteiger partial charge < -0.3 is 9.15 Å². The lowest BCUT2D eigenvalue weighted by Crippen LogP contribution is -2.14. The number of benzene rings is 2. The van der Waals surface area contributed by atoms with Gasteiger partial charge in [-0.25, -0.2) is 14.0 Å². The third kappa shape index (κ3) is 2.42. The molecule has 0 fully saturated rings. The first-order valence-electron chi connectivity index (χ1n) is 7.13. The highest BCUT2D eigenvalue weighted by Gasteiger charge is 2.18. The fraction of sp³-hybridized carbons (Fsp3) is 0.111. The Balaban J connectivity index is 2.46. The zero-order valence-electron chi connectivity index (χ0n) is 13.1. The molecule has 2 aromatic carbocycles. The maximum atomic E-state index is 13.9. The second-order valence-corrected chi connectivity index (χ2v) is 5.31. The van der Waals surface area contributed by atoms with Crippen molar-refractivity contribution in [2.45, 2.75) is 6.92 Å². The molecule has 1 amide bonds. The quantitative estimate of drug-likeness (QED) is 0.563. The van der Waals surface area contributed by atoms with Crippen LogP contribution in [0.4, 0.5) is 14.9 Å². The van der Waals surface area contributed by atoms with Gasteiger partial charge in [0.15, 0.2) is 11.4 Å². The Hall–Kier alpha value is -3.15. The Morgan fingerprint density at radius 3 is 2.67 bits per heavy atom. The molecule has 1 aromatic heterocycles. The van der Waals surface area contributed by atoms with Crippen LogP contribution in [-0.2, 0) is 4.74 Å². The maximum Gasteiger partial charge on any atom is 0.411 e. The van der Waals surface area contributed by atoms with Gasteiger partial charge in [0.25, 0.3) is 0 Å². The number of rotatable bonds is 2. The third-order valence-electron chi connectivity index (χ3n) is 3.71. The van der Waals surface area contributed by atoms with E-state index in [1.807, 2.05) is 0 Å². The van der Waals surface area contributed by atoms with Crippen molar-refractivity contribution in [3.63, 3.8) is 0 Å². The van der Waals surface area contributed by atoms with Crippen LogP contribution in [0.1, 0.15) is 12.5 Å². The zero-order chi connectivity index (χ0) is 17.4. The van der Waals surface area contributed by atoms with Crippen LogP contribution in [0, 0.1) is 5.82 Å². The highest BCUT2D eigenvalue weighted by molar-refractivity contribution is 6.10. The van der Waals surface area contributed by atoms with Crippen LogP contribution in [0.3, 0.4) is 0 Å². The molecule has 0 aliphatic carbocycles. The first kappa shape index (κ1) is 15.7. The highest BCUT2D eigenvalue weighted by Crippen LogP contribution is 2.33. The summed E-state index contributed by atoms with van der Waals surface area (Å²) in [6, 6.07) is 7.68. The molecule has 1 N–H and O–H groups in total. The summed E-state index contributed by atoms with van der Waals surface area (Å²) in [5.74, 6) is -0.611. The molecule has 0 spiro atoms. The average molecular weight is 327 g/mol. The van der Waals surface area contributed by atoms with E-state index in [0.29, 0.717) is 27.6 Å². The minimum absolute atomic E-state index is 0.101. The number of hydrogen-bond acceptors (Lipinski definition) is 4. The van der Waals surface area contributed by atoms with Crippen molar-refractivity contribution < 1.29 is 18.3 Å². The van der Waals surface area contributed by atoms with Gasteiger partial charge in [0.1, 0.15) is 0 Å². The summed E-state index contributed by atoms with van der Waals surface area (Å²) >= 11 is 0. The van der Waals surface area contributed by atoms with Gasteiger partial charge in [-0.3, -0.25) is 5.32 Å². The van der Waals surface area contributed by atoms with Gasteiger partial charge in [-0.05, 0) is 24.6 Å². The fourth-order valence-corrected chi connectivity index (χ4v) is 2.72. The summed E-state index contributed by atoms with van der Waals surface area (Å²) in [4.78, 5) is 24.0. The van der Waals surface area contributed by atoms with Crippen molar-refractivity contribution in [3.8, 4) is 0 Å². The lowest BCUT2D eigenvalue weighted by Gasteiger charge is -2.14. The number of halogens is 1. The first-order valence-corrected chi connectivity index (χ1v) is 7.13. The molecule has 0 aliphatic heterocycles. The van der Waals surface area contributed by atoms with E-state index in [1.54, 1.807) is 25.1 Å². The summed E-state index contributed by atoms with van der Waals surface area (Å²) in [6.45, 7) is 5.56. The molecule has 0 aliphatic rings. The van der Waals surface area contributed by atoms with E-state index < -0.39 is 17.5 Å². The van der Waals surface area contributed by atoms with E-state index in [-0.39, 0.29) is 11.0 Å². The SMILES string of the molecule is C=C(C)c1c(NC(=O)OC)ccc2c1c(=O)oc1c(F)cccc12. The minimum atomic E-state index is -0.700.